The third-order valence-corrected chi connectivity index (χ3v) is 4.01. The molecular formula is C16H27N3. The molecule has 0 spiro atoms. The average molecular weight is 261 g/mol. The predicted octanol–water partition coefficient (Wildman–Crippen LogP) is 2.12. The summed E-state index contributed by atoms with van der Waals surface area (Å²) < 4.78 is 0. The lowest BCUT2D eigenvalue weighted by molar-refractivity contribution is 0.186. The van der Waals surface area contributed by atoms with Gasteiger partial charge in [0.25, 0.3) is 0 Å². The van der Waals surface area contributed by atoms with E-state index in [9.17, 15) is 0 Å². The molecule has 2 rings (SSSR count). The van der Waals surface area contributed by atoms with Crippen LogP contribution in [0.4, 0.5) is 5.69 Å². The first-order valence-corrected chi connectivity index (χ1v) is 7.47. The summed E-state index contributed by atoms with van der Waals surface area (Å²) in [5.74, 6) is 0. The number of piperazine rings is 1. The van der Waals surface area contributed by atoms with Gasteiger partial charge in [-0.2, -0.15) is 0 Å². The quantitative estimate of drug-likeness (QED) is 0.876. The summed E-state index contributed by atoms with van der Waals surface area (Å²) in [4.78, 5) is 5.08. The highest BCUT2D eigenvalue weighted by atomic mass is 15.2. The second-order valence-electron chi connectivity index (χ2n) is 5.51. The molecule has 1 heterocycles. The van der Waals surface area contributed by atoms with Crippen LogP contribution < -0.4 is 10.2 Å². The van der Waals surface area contributed by atoms with Crippen LogP contribution in [0.25, 0.3) is 0 Å². The minimum atomic E-state index is 0.613. The van der Waals surface area contributed by atoms with Gasteiger partial charge < -0.3 is 10.2 Å². The van der Waals surface area contributed by atoms with Gasteiger partial charge in [-0.15, -0.1) is 0 Å². The number of likely N-dealkylation sites (N-methyl/N-ethyl adjacent to an activating group) is 1. The van der Waals surface area contributed by atoms with E-state index in [2.05, 4.69) is 60.2 Å². The molecule has 106 valence electrons. The van der Waals surface area contributed by atoms with Crippen LogP contribution >= 0.6 is 0 Å². The van der Waals surface area contributed by atoms with Crippen molar-refractivity contribution < 1.29 is 0 Å². The zero-order chi connectivity index (χ0) is 13.7. The number of hydrogen-bond donors (Lipinski definition) is 1. The van der Waals surface area contributed by atoms with E-state index in [1.54, 1.807) is 0 Å². The van der Waals surface area contributed by atoms with Gasteiger partial charge in [-0.05, 0) is 38.5 Å². The van der Waals surface area contributed by atoms with Gasteiger partial charge in [0.15, 0.2) is 0 Å². The van der Waals surface area contributed by atoms with Crippen LogP contribution in [0.3, 0.4) is 0 Å². The summed E-state index contributed by atoms with van der Waals surface area (Å²) >= 11 is 0. The first kappa shape index (κ1) is 14.4. The van der Waals surface area contributed by atoms with Gasteiger partial charge in [0.2, 0.25) is 0 Å². The molecule has 1 aromatic carbocycles. The van der Waals surface area contributed by atoms with Crippen LogP contribution in [0.5, 0.6) is 0 Å². The molecule has 0 radical (unpaired) electrons. The standard InChI is InChI=1S/C16H27N3/c1-4-18(16-7-5-6-14(2)12-16)13-15(3)19-10-8-17-9-11-19/h5-7,12,15,17H,4,8-11,13H2,1-3H3. The Morgan fingerprint density at radius 2 is 2.05 bits per heavy atom. The fourth-order valence-electron chi connectivity index (χ4n) is 2.80. The molecule has 1 N–H and O–H groups in total. The monoisotopic (exact) mass is 261 g/mol. The summed E-state index contributed by atoms with van der Waals surface area (Å²) in [6.07, 6.45) is 0. The van der Waals surface area contributed by atoms with Crippen molar-refractivity contribution in [2.75, 3.05) is 44.2 Å². The average Bonchev–Trinajstić information content (AvgIpc) is 2.45. The minimum absolute atomic E-state index is 0.613. The molecule has 1 unspecified atom stereocenters. The Labute approximate surface area is 117 Å². The van der Waals surface area contributed by atoms with Crippen LogP contribution in [0.1, 0.15) is 19.4 Å². The van der Waals surface area contributed by atoms with Crippen LogP contribution in [0.2, 0.25) is 0 Å². The molecule has 19 heavy (non-hydrogen) atoms. The van der Waals surface area contributed by atoms with Crippen LogP contribution in [-0.2, 0) is 0 Å². The van der Waals surface area contributed by atoms with E-state index in [-0.39, 0.29) is 0 Å². The first-order valence-electron chi connectivity index (χ1n) is 7.47. The molecular weight excluding hydrogens is 234 g/mol. The van der Waals surface area contributed by atoms with E-state index < -0.39 is 0 Å². The molecule has 1 fully saturated rings. The molecule has 0 saturated carbocycles. The Kier molecular flexibility index (Phi) is 5.23. The summed E-state index contributed by atoms with van der Waals surface area (Å²) in [6.45, 7) is 13.5. The molecule has 1 aliphatic rings. The molecule has 0 aliphatic carbocycles. The highest BCUT2D eigenvalue weighted by Crippen LogP contribution is 2.17. The summed E-state index contributed by atoms with van der Waals surface area (Å²) in [6, 6.07) is 9.44. The van der Waals surface area contributed by atoms with E-state index in [1.165, 1.54) is 24.3 Å². The smallest absolute Gasteiger partial charge is 0.0369 e. The van der Waals surface area contributed by atoms with E-state index in [1.807, 2.05) is 0 Å². The number of nitrogens with zero attached hydrogens (tertiary/aromatic N) is 2. The highest BCUT2D eigenvalue weighted by Gasteiger charge is 2.18. The molecule has 3 heteroatoms. The van der Waals surface area contributed by atoms with Crippen molar-refractivity contribution in [3.05, 3.63) is 29.8 Å². The maximum Gasteiger partial charge on any atom is 0.0369 e. The molecule has 1 aromatic rings. The van der Waals surface area contributed by atoms with E-state index in [0.717, 1.165) is 26.2 Å². The normalized spacial score (nSPS) is 18.3. The van der Waals surface area contributed by atoms with E-state index >= 15 is 0 Å². The fourth-order valence-corrected chi connectivity index (χ4v) is 2.80. The summed E-state index contributed by atoms with van der Waals surface area (Å²) in [5, 5.41) is 3.42. The van der Waals surface area contributed by atoms with Crippen molar-refractivity contribution in [2.24, 2.45) is 0 Å². The van der Waals surface area contributed by atoms with Gasteiger partial charge >= 0.3 is 0 Å². The Morgan fingerprint density at radius 3 is 2.68 bits per heavy atom. The first-order chi connectivity index (χ1) is 9.20. The van der Waals surface area contributed by atoms with Gasteiger partial charge in [-0.1, -0.05) is 12.1 Å². The number of anilines is 1. The molecule has 1 saturated heterocycles. The second-order valence-corrected chi connectivity index (χ2v) is 5.51. The number of nitrogens with one attached hydrogen (secondary N) is 1. The van der Waals surface area contributed by atoms with Crippen molar-refractivity contribution in [1.29, 1.82) is 0 Å². The molecule has 0 bridgehead atoms. The Hall–Kier alpha value is -1.06. The van der Waals surface area contributed by atoms with Crippen LogP contribution in [0.15, 0.2) is 24.3 Å². The second kappa shape index (κ2) is 6.92. The zero-order valence-electron chi connectivity index (χ0n) is 12.5. The van der Waals surface area contributed by atoms with Gasteiger partial charge in [0.05, 0.1) is 0 Å². The lowest BCUT2D eigenvalue weighted by Gasteiger charge is -2.36. The zero-order valence-corrected chi connectivity index (χ0v) is 12.5. The SMILES string of the molecule is CCN(CC(C)N1CCNCC1)c1cccc(C)c1. The maximum atomic E-state index is 3.42. The van der Waals surface area contributed by atoms with Gasteiger partial charge in [0, 0.05) is 51.0 Å². The van der Waals surface area contributed by atoms with Crippen molar-refractivity contribution >= 4 is 5.69 Å². The van der Waals surface area contributed by atoms with Gasteiger partial charge in [-0.3, -0.25) is 4.90 Å². The van der Waals surface area contributed by atoms with Crippen molar-refractivity contribution in [1.82, 2.24) is 10.2 Å². The molecule has 0 aromatic heterocycles. The number of benzene rings is 1. The largest absolute Gasteiger partial charge is 0.370 e. The van der Waals surface area contributed by atoms with Crippen molar-refractivity contribution in [3.8, 4) is 0 Å². The van der Waals surface area contributed by atoms with Crippen molar-refractivity contribution in [2.45, 2.75) is 26.8 Å². The maximum absolute atomic E-state index is 3.42. The molecule has 1 atom stereocenters. The molecule has 3 nitrogen and oxygen atoms in total. The number of rotatable bonds is 5. The van der Waals surface area contributed by atoms with E-state index in [4.69, 9.17) is 0 Å². The van der Waals surface area contributed by atoms with E-state index in [0.29, 0.717) is 6.04 Å². The highest BCUT2D eigenvalue weighted by molar-refractivity contribution is 5.48. The van der Waals surface area contributed by atoms with Gasteiger partial charge in [-0.25, -0.2) is 0 Å². The summed E-state index contributed by atoms with van der Waals surface area (Å²) in [5.41, 5.74) is 2.69. The van der Waals surface area contributed by atoms with Crippen LogP contribution in [0, 0.1) is 6.92 Å². The number of hydrogen-bond acceptors (Lipinski definition) is 3. The Balaban J connectivity index is 1.98. The Morgan fingerprint density at radius 1 is 1.32 bits per heavy atom. The topological polar surface area (TPSA) is 18.5 Å². The number of aryl methyl sites for hydroxylation is 1. The third-order valence-electron chi connectivity index (χ3n) is 4.01. The van der Waals surface area contributed by atoms with Crippen LogP contribution in [-0.4, -0.2) is 50.2 Å². The lowest BCUT2D eigenvalue weighted by Crippen LogP contribution is -2.51. The molecule has 1 aliphatic heterocycles. The summed E-state index contributed by atoms with van der Waals surface area (Å²) in [7, 11) is 0. The third kappa shape index (κ3) is 3.95. The fraction of sp³-hybridized carbons (Fsp3) is 0.625. The Bertz CT molecular complexity index is 385. The molecule has 0 amide bonds. The van der Waals surface area contributed by atoms with Crippen molar-refractivity contribution in [3.63, 3.8) is 0 Å². The van der Waals surface area contributed by atoms with Gasteiger partial charge in [0.1, 0.15) is 0 Å². The minimum Gasteiger partial charge on any atom is -0.370 e. The predicted molar refractivity (Wildman–Crippen MR) is 83.0 cm³/mol. The lowest BCUT2D eigenvalue weighted by atomic mass is 10.1.